The highest BCUT2D eigenvalue weighted by Crippen LogP contribution is 2.25. The van der Waals surface area contributed by atoms with Crippen LogP contribution in [-0.4, -0.2) is 6.04 Å². The fourth-order valence-electron chi connectivity index (χ4n) is 1.87. The third-order valence-corrected chi connectivity index (χ3v) is 2.56. The summed E-state index contributed by atoms with van der Waals surface area (Å²) in [5.74, 6) is 0. The van der Waals surface area contributed by atoms with Crippen LogP contribution in [0.3, 0.4) is 0 Å². The molecule has 1 rings (SSSR count). The number of para-hydroxylation sites is 1. The van der Waals surface area contributed by atoms with Crippen molar-refractivity contribution in [2.75, 3.05) is 4.90 Å². The van der Waals surface area contributed by atoms with Gasteiger partial charge in [0.2, 0.25) is 0 Å². The van der Waals surface area contributed by atoms with Crippen LogP contribution in [0.15, 0.2) is 48.7 Å². The van der Waals surface area contributed by atoms with Crippen LogP contribution in [0.25, 0.3) is 0 Å². The molecule has 0 atom stereocenters. The maximum absolute atomic E-state index is 4.12. The van der Waals surface area contributed by atoms with Crippen LogP contribution in [0.1, 0.15) is 26.3 Å². The van der Waals surface area contributed by atoms with Gasteiger partial charge in [-0.25, -0.2) is 0 Å². The first-order chi connectivity index (χ1) is 7.57. The average molecular weight is 215 g/mol. The van der Waals surface area contributed by atoms with E-state index in [9.17, 15) is 0 Å². The van der Waals surface area contributed by atoms with E-state index in [0.717, 1.165) is 5.70 Å². The Bertz CT molecular complexity index is 388. The quantitative estimate of drug-likeness (QED) is 0.677. The van der Waals surface area contributed by atoms with Crippen molar-refractivity contribution < 1.29 is 0 Å². The SMILES string of the molecule is C=C(/C=C\C)N(c1ccccc1C)C(C)C. The zero-order valence-electron chi connectivity index (χ0n) is 10.7. The summed E-state index contributed by atoms with van der Waals surface area (Å²) < 4.78 is 0. The van der Waals surface area contributed by atoms with Gasteiger partial charge in [0, 0.05) is 17.4 Å². The number of rotatable bonds is 4. The van der Waals surface area contributed by atoms with Crippen LogP contribution in [0.2, 0.25) is 0 Å². The number of nitrogens with zero attached hydrogens (tertiary/aromatic N) is 1. The predicted octanol–water partition coefficient (Wildman–Crippen LogP) is 4.30. The van der Waals surface area contributed by atoms with E-state index < -0.39 is 0 Å². The van der Waals surface area contributed by atoms with Gasteiger partial charge in [0.05, 0.1) is 0 Å². The molecule has 0 aromatic heterocycles. The largest absolute Gasteiger partial charge is 0.339 e. The monoisotopic (exact) mass is 215 g/mol. The second-order valence-corrected chi connectivity index (χ2v) is 4.24. The first kappa shape index (κ1) is 12.6. The molecule has 0 aliphatic heterocycles. The van der Waals surface area contributed by atoms with Gasteiger partial charge in [0.15, 0.2) is 0 Å². The lowest BCUT2D eigenvalue weighted by atomic mass is 10.1. The number of benzene rings is 1. The van der Waals surface area contributed by atoms with E-state index >= 15 is 0 Å². The normalized spacial score (nSPS) is 11.1. The van der Waals surface area contributed by atoms with Gasteiger partial charge >= 0.3 is 0 Å². The Morgan fingerprint density at radius 1 is 1.31 bits per heavy atom. The molecule has 0 saturated carbocycles. The van der Waals surface area contributed by atoms with Crippen molar-refractivity contribution in [1.82, 2.24) is 0 Å². The molecule has 1 aromatic carbocycles. The number of hydrogen-bond acceptors (Lipinski definition) is 1. The van der Waals surface area contributed by atoms with Gasteiger partial charge in [-0.15, -0.1) is 0 Å². The fraction of sp³-hybridized carbons (Fsp3) is 0.333. The van der Waals surface area contributed by atoms with E-state index in [4.69, 9.17) is 0 Å². The van der Waals surface area contributed by atoms with E-state index in [-0.39, 0.29) is 0 Å². The molecule has 0 aliphatic carbocycles. The number of hydrogen-bond donors (Lipinski definition) is 0. The van der Waals surface area contributed by atoms with Gasteiger partial charge in [0.25, 0.3) is 0 Å². The van der Waals surface area contributed by atoms with Crippen molar-refractivity contribution in [3.8, 4) is 0 Å². The van der Waals surface area contributed by atoms with Crippen LogP contribution in [0.4, 0.5) is 5.69 Å². The summed E-state index contributed by atoms with van der Waals surface area (Å²) in [6, 6.07) is 8.82. The lowest BCUT2D eigenvalue weighted by Gasteiger charge is -2.30. The molecule has 1 heteroatoms. The van der Waals surface area contributed by atoms with Crippen molar-refractivity contribution in [1.29, 1.82) is 0 Å². The molecule has 1 aromatic rings. The van der Waals surface area contributed by atoms with Gasteiger partial charge in [-0.05, 0) is 45.4 Å². The Morgan fingerprint density at radius 3 is 2.44 bits per heavy atom. The van der Waals surface area contributed by atoms with Crippen molar-refractivity contribution in [2.24, 2.45) is 0 Å². The smallest absolute Gasteiger partial charge is 0.0442 e. The van der Waals surface area contributed by atoms with E-state index in [1.807, 2.05) is 19.1 Å². The summed E-state index contributed by atoms with van der Waals surface area (Å²) in [6.45, 7) is 12.6. The van der Waals surface area contributed by atoms with Gasteiger partial charge in [-0.3, -0.25) is 0 Å². The van der Waals surface area contributed by atoms with E-state index in [2.05, 4.69) is 56.5 Å². The zero-order valence-corrected chi connectivity index (χ0v) is 10.7. The second-order valence-electron chi connectivity index (χ2n) is 4.24. The number of allylic oxidation sites excluding steroid dienone is 2. The molecule has 0 radical (unpaired) electrons. The standard InChI is InChI=1S/C15H21N/c1-6-9-14(5)16(12(2)3)15-11-8-7-10-13(15)4/h6-12H,5H2,1-4H3/b9-6-. The Labute approximate surface area is 99.1 Å². The lowest BCUT2D eigenvalue weighted by Crippen LogP contribution is -2.29. The summed E-state index contributed by atoms with van der Waals surface area (Å²) in [5.41, 5.74) is 3.55. The molecule has 0 saturated heterocycles. The molecule has 0 N–H and O–H groups in total. The third kappa shape index (κ3) is 2.75. The van der Waals surface area contributed by atoms with Crippen molar-refractivity contribution in [3.63, 3.8) is 0 Å². The Hall–Kier alpha value is -1.50. The maximum Gasteiger partial charge on any atom is 0.0442 e. The van der Waals surface area contributed by atoms with Crippen LogP contribution in [0, 0.1) is 6.92 Å². The van der Waals surface area contributed by atoms with Crippen molar-refractivity contribution in [2.45, 2.75) is 33.7 Å². The molecule has 0 heterocycles. The Morgan fingerprint density at radius 2 is 1.94 bits per heavy atom. The minimum atomic E-state index is 0.407. The number of anilines is 1. The topological polar surface area (TPSA) is 3.24 Å². The molecule has 1 nitrogen and oxygen atoms in total. The Kier molecular flexibility index (Phi) is 4.36. The fourth-order valence-corrected chi connectivity index (χ4v) is 1.87. The highest BCUT2D eigenvalue weighted by Gasteiger charge is 2.13. The predicted molar refractivity (Wildman–Crippen MR) is 72.7 cm³/mol. The first-order valence-electron chi connectivity index (χ1n) is 5.74. The zero-order chi connectivity index (χ0) is 12.1. The summed E-state index contributed by atoms with van der Waals surface area (Å²) in [6.07, 6.45) is 4.07. The minimum absolute atomic E-state index is 0.407. The minimum Gasteiger partial charge on any atom is -0.339 e. The van der Waals surface area contributed by atoms with Crippen molar-refractivity contribution in [3.05, 3.63) is 54.3 Å². The van der Waals surface area contributed by atoms with E-state index in [0.29, 0.717) is 6.04 Å². The summed E-state index contributed by atoms with van der Waals surface area (Å²) >= 11 is 0. The van der Waals surface area contributed by atoms with Gasteiger partial charge in [-0.2, -0.15) is 0 Å². The maximum atomic E-state index is 4.12. The third-order valence-electron chi connectivity index (χ3n) is 2.56. The lowest BCUT2D eigenvalue weighted by molar-refractivity contribution is 0.763. The van der Waals surface area contributed by atoms with E-state index in [1.165, 1.54) is 11.3 Å². The molecular formula is C15H21N. The van der Waals surface area contributed by atoms with Crippen molar-refractivity contribution >= 4 is 5.69 Å². The number of aryl methyl sites for hydroxylation is 1. The second kappa shape index (κ2) is 5.55. The molecule has 0 unspecified atom stereocenters. The molecule has 0 amide bonds. The van der Waals surface area contributed by atoms with Gasteiger partial charge in [-0.1, -0.05) is 30.9 Å². The molecule has 86 valence electrons. The Balaban J connectivity index is 3.13. The van der Waals surface area contributed by atoms with Crippen LogP contribution < -0.4 is 4.90 Å². The molecule has 0 aliphatic rings. The highest BCUT2D eigenvalue weighted by molar-refractivity contribution is 5.59. The molecule has 0 fully saturated rings. The van der Waals surface area contributed by atoms with Gasteiger partial charge < -0.3 is 4.90 Å². The average Bonchev–Trinajstić information content (AvgIpc) is 2.21. The molecule has 0 bridgehead atoms. The highest BCUT2D eigenvalue weighted by atomic mass is 15.2. The van der Waals surface area contributed by atoms with Crippen LogP contribution >= 0.6 is 0 Å². The summed E-state index contributed by atoms with van der Waals surface area (Å²) in [7, 11) is 0. The van der Waals surface area contributed by atoms with Crippen LogP contribution in [0.5, 0.6) is 0 Å². The van der Waals surface area contributed by atoms with E-state index in [1.54, 1.807) is 0 Å². The molecule has 16 heavy (non-hydrogen) atoms. The summed E-state index contributed by atoms with van der Waals surface area (Å²) in [5, 5.41) is 0. The van der Waals surface area contributed by atoms with Gasteiger partial charge in [0.1, 0.15) is 0 Å². The molecular weight excluding hydrogens is 194 g/mol. The summed E-state index contributed by atoms with van der Waals surface area (Å²) in [4.78, 5) is 2.26. The molecule has 0 spiro atoms. The first-order valence-corrected chi connectivity index (χ1v) is 5.74. The van der Waals surface area contributed by atoms with Crippen LogP contribution in [-0.2, 0) is 0 Å².